The highest BCUT2D eigenvalue weighted by Crippen LogP contribution is 2.20. The Kier molecular flexibility index (Phi) is 4.33. The maximum atomic E-state index is 6.12. The summed E-state index contributed by atoms with van der Waals surface area (Å²) in [5.74, 6) is 0.520. The molecule has 22 heavy (non-hydrogen) atoms. The van der Waals surface area contributed by atoms with E-state index in [0.29, 0.717) is 26.3 Å². The van der Waals surface area contributed by atoms with E-state index in [4.69, 9.17) is 35.4 Å². The van der Waals surface area contributed by atoms with Crippen molar-refractivity contribution < 1.29 is 0 Å². The molecule has 0 amide bonds. The van der Waals surface area contributed by atoms with Crippen molar-refractivity contribution in [3.8, 4) is 11.5 Å². The molecule has 0 bridgehead atoms. The summed E-state index contributed by atoms with van der Waals surface area (Å²) in [6.07, 6.45) is 3.27. The molecule has 1 N–H and O–H groups in total. The number of rotatable bonds is 3. The molecule has 110 valence electrons. The van der Waals surface area contributed by atoms with Crippen LogP contribution in [-0.2, 0) is 0 Å². The predicted octanol–water partition coefficient (Wildman–Crippen LogP) is 4.19. The highest BCUT2D eigenvalue weighted by molar-refractivity contribution is 7.71. The fourth-order valence-electron chi connectivity index (χ4n) is 1.79. The number of hydrogen-bond donors (Lipinski definition) is 1. The van der Waals surface area contributed by atoms with Gasteiger partial charge in [-0.3, -0.25) is 4.98 Å². The summed E-state index contributed by atoms with van der Waals surface area (Å²) in [6.45, 7) is 0. The summed E-state index contributed by atoms with van der Waals surface area (Å²) in [4.78, 5) is 4.24. The molecule has 0 radical (unpaired) electrons. The number of H-pyrrole nitrogens is 1. The van der Waals surface area contributed by atoms with Crippen molar-refractivity contribution in [1.29, 1.82) is 0 Å². The van der Waals surface area contributed by atoms with Crippen molar-refractivity contribution in [3.63, 3.8) is 0 Å². The van der Waals surface area contributed by atoms with E-state index in [2.05, 4.69) is 20.3 Å². The molecule has 3 rings (SSSR count). The van der Waals surface area contributed by atoms with E-state index in [9.17, 15) is 0 Å². The monoisotopic (exact) mass is 349 g/mol. The Hall–Kier alpha value is -2.02. The fourth-order valence-corrected chi connectivity index (χ4v) is 2.42. The normalized spacial score (nSPS) is 11.2. The summed E-state index contributed by atoms with van der Waals surface area (Å²) >= 11 is 17.2. The van der Waals surface area contributed by atoms with Gasteiger partial charge in [0.2, 0.25) is 10.6 Å². The smallest absolute Gasteiger partial charge is 0.216 e. The van der Waals surface area contributed by atoms with Crippen LogP contribution in [0.25, 0.3) is 11.5 Å². The van der Waals surface area contributed by atoms with E-state index < -0.39 is 0 Å². The van der Waals surface area contributed by atoms with Gasteiger partial charge < -0.3 is 0 Å². The maximum Gasteiger partial charge on any atom is 0.216 e. The van der Waals surface area contributed by atoms with Crippen molar-refractivity contribution in [1.82, 2.24) is 19.9 Å². The molecule has 0 aliphatic carbocycles. The Morgan fingerprint density at radius 2 is 2.09 bits per heavy atom. The van der Waals surface area contributed by atoms with Gasteiger partial charge in [0.15, 0.2) is 0 Å². The van der Waals surface area contributed by atoms with Crippen LogP contribution in [0.1, 0.15) is 5.56 Å². The van der Waals surface area contributed by atoms with Gasteiger partial charge in [0.25, 0.3) is 0 Å². The van der Waals surface area contributed by atoms with Crippen molar-refractivity contribution in [2.75, 3.05) is 0 Å². The largest absolute Gasteiger partial charge is 0.253 e. The van der Waals surface area contributed by atoms with E-state index in [1.54, 1.807) is 30.6 Å². The van der Waals surface area contributed by atoms with Gasteiger partial charge in [-0.05, 0) is 36.5 Å². The third-order valence-electron chi connectivity index (χ3n) is 2.82. The minimum Gasteiger partial charge on any atom is -0.253 e. The summed E-state index contributed by atoms with van der Waals surface area (Å²) in [5, 5.41) is 12.3. The molecule has 1 aromatic carbocycles. The van der Waals surface area contributed by atoms with Crippen LogP contribution in [0.15, 0.2) is 47.7 Å². The quantitative estimate of drug-likeness (QED) is 0.569. The van der Waals surface area contributed by atoms with E-state index >= 15 is 0 Å². The lowest BCUT2D eigenvalue weighted by Gasteiger charge is -2.01. The Morgan fingerprint density at radius 1 is 1.23 bits per heavy atom. The number of aromatic nitrogens is 4. The Morgan fingerprint density at radius 3 is 2.82 bits per heavy atom. The molecule has 5 nitrogen and oxygen atoms in total. The molecule has 2 aromatic heterocycles. The minimum atomic E-state index is 0.363. The van der Waals surface area contributed by atoms with Crippen LogP contribution in [0.2, 0.25) is 10.0 Å². The molecule has 0 saturated carbocycles. The zero-order chi connectivity index (χ0) is 15.5. The van der Waals surface area contributed by atoms with Crippen LogP contribution in [-0.4, -0.2) is 26.1 Å². The van der Waals surface area contributed by atoms with E-state index in [1.165, 1.54) is 4.68 Å². The number of nitrogens with one attached hydrogen (secondary N) is 1. The van der Waals surface area contributed by atoms with Crippen LogP contribution in [0.4, 0.5) is 0 Å². The Bertz CT molecular complexity index is 886. The first-order chi connectivity index (χ1) is 10.6. The second-order valence-corrected chi connectivity index (χ2v) is 5.52. The molecular weight excluding hydrogens is 341 g/mol. The summed E-state index contributed by atoms with van der Waals surface area (Å²) < 4.78 is 1.85. The van der Waals surface area contributed by atoms with Crippen LogP contribution in [0, 0.1) is 4.77 Å². The second-order valence-electron chi connectivity index (χ2n) is 4.29. The Labute approximate surface area is 141 Å². The third-order valence-corrected chi connectivity index (χ3v) is 3.65. The number of benzene rings is 1. The zero-order valence-electron chi connectivity index (χ0n) is 11.1. The molecular formula is C14H9Cl2N5S. The summed E-state index contributed by atoms with van der Waals surface area (Å²) in [5.41, 5.74) is 1.38. The first-order valence-electron chi connectivity index (χ1n) is 6.23. The van der Waals surface area contributed by atoms with Gasteiger partial charge in [-0.2, -0.15) is 14.9 Å². The van der Waals surface area contributed by atoms with Gasteiger partial charge >= 0.3 is 0 Å². The van der Waals surface area contributed by atoms with Crippen LogP contribution in [0.5, 0.6) is 0 Å². The number of pyridine rings is 1. The molecule has 0 aliphatic rings. The molecule has 3 aromatic rings. The van der Waals surface area contributed by atoms with Gasteiger partial charge in [-0.1, -0.05) is 35.3 Å². The lowest BCUT2D eigenvalue weighted by Crippen LogP contribution is -1.96. The summed E-state index contributed by atoms with van der Waals surface area (Å²) in [6, 6.07) is 10.7. The standard InChI is InChI=1S/C14H9Cl2N5S/c15-10-5-4-9(11(16)7-10)8-18-21-13(19-20-14(21)22)12-3-1-2-6-17-12/h1-8H,(H,20,22). The molecule has 8 heteroatoms. The van der Waals surface area contributed by atoms with Crippen molar-refractivity contribution >= 4 is 41.6 Å². The predicted molar refractivity (Wildman–Crippen MR) is 90.1 cm³/mol. The second kappa shape index (κ2) is 6.39. The molecule has 0 spiro atoms. The van der Waals surface area contributed by atoms with E-state index in [1.807, 2.05) is 18.2 Å². The fraction of sp³-hybridized carbons (Fsp3) is 0. The minimum absolute atomic E-state index is 0.363. The highest BCUT2D eigenvalue weighted by atomic mass is 35.5. The first-order valence-corrected chi connectivity index (χ1v) is 7.40. The lowest BCUT2D eigenvalue weighted by atomic mass is 10.2. The van der Waals surface area contributed by atoms with Gasteiger partial charge in [0.05, 0.1) is 11.2 Å². The third kappa shape index (κ3) is 3.09. The van der Waals surface area contributed by atoms with Crippen LogP contribution in [0.3, 0.4) is 0 Å². The summed E-state index contributed by atoms with van der Waals surface area (Å²) in [7, 11) is 0. The van der Waals surface area contributed by atoms with Gasteiger partial charge in [-0.15, -0.1) is 0 Å². The van der Waals surface area contributed by atoms with Gasteiger partial charge in [0, 0.05) is 16.8 Å². The van der Waals surface area contributed by atoms with Crippen LogP contribution < -0.4 is 0 Å². The van der Waals surface area contributed by atoms with Crippen LogP contribution >= 0.6 is 35.4 Å². The molecule has 0 aliphatic heterocycles. The first kappa shape index (κ1) is 14.9. The van der Waals surface area contributed by atoms with Crippen molar-refractivity contribution in [3.05, 3.63) is 63.0 Å². The molecule has 0 fully saturated rings. The average molecular weight is 350 g/mol. The zero-order valence-corrected chi connectivity index (χ0v) is 13.4. The maximum absolute atomic E-state index is 6.12. The topological polar surface area (TPSA) is 58.9 Å². The number of nitrogens with zero attached hydrogens (tertiary/aromatic N) is 4. The van der Waals surface area contributed by atoms with Crippen molar-refractivity contribution in [2.45, 2.75) is 0 Å². The van der Waals surface area contributed by atoms with Gasteiger partial charge in [-0.25, -0.2) is 5.10 Å². The van der Waals surface area contributed by atoms with E-state index in [0.717, 1.165) is 5.56 Å². The molecule has 0 saturated heterocycles. The Balaban J connectivity index is 2.01. The molecule has 0 atom stereocenters. The number of aromatic amines is 1. The van der Waals surface area contributed by atoms with E-state index in [-0.39, 0.29) is 0 Å². The average Bonchev–Trinajstić information content (AvgIpc) is 2.88. The molecule has 0 unspecified atom stereocenters. The SMILES string of the molecule is S=c1[nH]nc(-c2ccccn2)n1N=Cc1ccc(Cl)cc1Cl. The molecule has 2 heterocycles. The lowest BCUT2D eigenvalue weighted by molar-refractivity contribution is 0.867. The van der Waals surface area contributed by atoms with Gasteiger partial charge in [0.1, 0.15) is 5.69 Å². The number of hydrogen-bond acceptors (Lipinski definition) is 4. The number of halogens is 2. The highest BCUT2D eigenvalue weighted by Gasteiger charge is 2.08. The van der Waals surface area contributed by atoms with Crippen molar-refractivity contribution in [2.24, 2.45) is 5.10 Å².